The van der Waals surface area contributed by atoms with E-state index in [1.54, 1.807) is 12.1 Å². The molecule has 1 aliphatic heterocycles. The molecule has 0 amide bonds. The lowest BCUT2D eigenvalue weighted by atomic mass is 9.78. The maximum Gasteiger partial charge on any atom is 0.276 e. The predicted molar refractivity (Wildman–Crippen MR) is 88.7 cm³/mol. The van der Waals surface area contributed by atoms with Crippen LogP contribution in [-0.4, -0.2) is 29.0 Å². The van der Waals surface area contributed by atoms with E-state index in [-0.39, 0.29) is 10.6 Å². The van der Waals surface area contributed by atoms with Crippen LogP contribution >= 0.6 is 0 Å². The number of piperidine rings is 1. The predicted octanol–water partition coefficient (Wildman–Crippen LogP) is 4.26. The number of nitrogens with zero attached hydrogens (tertiary/aromatic N) is 2. The molecule has 4 nitrogen and oxygen atoms in total. The number of hydrogen-bond donors (Lipinski definition) is 0. The van der Waals surface area contributed by atoms with Gasteiger partial charge in [-0.1, -0.05) is 37.1 Å². The lowest BCUT2D eigenvalue weighted by Crippen LogP contribution is -2.46. The molecule has 4 heteroatoms. The van der Waals surface area contributed by atoms with Gasteiger partial charge in [0.25, 0.3) is 5.69 Å². The minimum absolute atomic E-state index is 0.188. The Kier molecular flexibility index (Phi) is 4.88. The molecule has 1 saturated heterocycles. The molecule has 0 N–H and O–H groups in total. The summed E-state index contributed by atoms with van der Waals surface area (Å²) in [6.45, 7) is 2.08. The summed E-state index contributed by atoms with van der Waals surface area (Å²) in [5, 5.41) is 11.0. The number of para-hydroxylation sites is 1. The van der Waals surface area contributed by atoms with Gasteiger partial charge in [0.15, 0.2) is 0 Å². The Balaban J connectivity index is 1.65. The zero-order valence-corrected chi connectivity index (χ0v) is 13.0. The van der Waals surface area contributed by atoms with Crippen molar-refractivity contribution in [2.45, 2.75) is 44.6 Å². The fourth-order valence-electron chi connectivity index (χ4n) is 4.06. The molecule has 0 spiro atoms. The summed E-state index contributed by atoms with van der Waals surface area (Å²) in [5.74, 6) is 0.877. The number of fused-ring (bicyclic) bond motifs is 1. The van der Waals surface area contributed by atoms with Gasteiger partial charge in [0.1, 0.15) is 0 Å². The zero-order valence-electron chi connectivity index (χ0n) is 13.0. The van der Waals surface area contributed by atoms with E-state index in [1.165, 1.54) is 45.1 Å². The molecule has 1 aromatic carbocycles. The highest BCUT2D eigenvalue weighted by Crippen LogP contribution is 2.35. The fourth-order valence-corrected chi connectivity index (χ4v) is 4.06. The standard InChI is InChI=1S/C18H24N2O2/c21-20(22)18-12-4-2-8-16(18)10-6-14-19-13-5-9-15-7-1-3-11-17(15)19/h2,4,6,8,10,12,15,17H,1,3,5,7,9,11,13-14H2/b10-6+/t15-,17-/m0/s1. The number of nitro groups is 1. The monoisotopic (exact) mass is 300 g/mol. The van der Waals surface area contributed by atoms with E-state index in [4.69, 9.17) is 0 Å². The van der Waals surface area contributed by atoms with Crippen LogP contribution in [0.2, 0.25) is 0 Å². The normalized spacial score (nSPS) is 26.0. The third-order valence-electron chi connectivity index (χ3n) is 5.13. The third kappa shape index (κ3) is 3.38. The lowest BCUT2D eigenvalue weighted by Gasteiger charge is -2.43. The molecule has 1 aliphatic carbocycles. The first kappa shape index (κ1) is 15.2. The van der Waals surface area contributed by atoms with Crippen LogP contribution in [0.15, 0.2) is 30.3 Å². The van der Waals surface area contributed by atoms with E-state index >= 15 is 0 Å². The second-order valence-corrected chi connectivity index (χ2v) is 6.47. The SMILES string of the molecule is O=[N+]([O-])c1ccccc1/C=C/CN1CCC[C@@H]2CCCC[C@@H]21. The van der Waals surface area contributed by atoms with Crippen molar-refractivity contribution in [2.75, 3.05) is 13.1 Å². The summed E-state index contributed by atoms with van der Waals surface area (Å²) < 4.78 is 0. The molecule has 2 fully saturated rings. The average Bonchev–Trinajstić information content (AvgIpc) is 2.55. The van der Waals surface area contributed by atoms with Crippen LogP contribution in [0.1, 0.15) is 44.1 Å². The maximum atomic E-state index is 11.0. The van der Waals surface area contributed by atoms with Gasteiger partial charge < -0.3 is 0 Å². The molecule has 1 saturated carbocycles. The molecule has 0 radical (unpaired) electrons. The van der Waals surface area contributed by atoms with Crippen molar-refractivity contribution in [3.63, 3.8) is 0 Å². The zero-order chi connectivity index (χ0) is 15.4. The van der Waals surface area contributed by atoms with Crippen LogP contribution in [0, 0.1) is 16.0 Å². The van der Waals surface area contributed by atoms with Gasteiger partial charge in [-0.25, -0.2) is 0 Å². The Hall–Kier alpha value is -1.68. The Morgan fingerprint density at radius 1 is 1.18 bits per heavy atom. The van der Waals surface area contributed by atoms with Crippen molar-refractivity contribution in [2.24, 2.45) is 5.92 Å². The first-order valence-electron chi connectivity index (χ1n) is 8.40. The highest BCUT2D eigenvalue weighted by molar-refractivity contribution is 5.60. The molecule has 1 aromatic rings. The minimum atomic E-state index is -0.308. The molecule has 1 heterocycles. The minimum Gasteiger partial charge on any atom is -0.296 e. The second kappa shape index (κ2) is 7.05. The van der Waals surface area contributed by atoms with Crippen LogP contribution < -0.4 is 0 Å². The van der Waals surface area contributed by atoms with E-state index < -0.39 is 0 Å². The molecule has 0 bridgehead atoms. The van der Waals surface area contributed by atoms with Crippen LogP contribution in [0.25, 0.3) is 6.08 Å². The van der Waals surface area contributed by atoms with Crippen molar-refractivity contribution in [1.82, 2.24) is 4.90 Å². The summed E-state index contributed by atoms with van der Waals surface area (Å²) in [5.41, 5.74) is 0.887. The summed E-state index contributed by atoms with van der Waals surface area (Å²) in [6, 6.07) is 7.68. The molecule has 118 valence electrons. The average molecular weight is 300 g/mol. The molecule has 22 heavy (non-hydrogen) atoms. The van der Waals surface area contributed by atoms with E-state index in [9.17, 15) is 10.1 Å². The highest BCUT2D eigenvalue weighted by Gasteiger charge is 2.32. The van der Waals surface area contributed by atoms with Crippen LogP contribution in [0.3, 0.4) is 0 Å². The maximum absolute atomic E-state index is 11.0. The van der Waals surface area contributed by atoms with E-state index in [2.05, 4.69) is 11.0 Å². The van der Waals surface area contributed by atoms with E-state index in [0.717, 1.165) is 18.5 Å². The van der Waals surface area contributed by atoms with Gasteiger partial charge >= 0.3 is 0 Å². The smallest absolute Gasteiger partial charge is 0.276 e. The molecule has 3 rings (SSSR count). The Bertz CT molecular complexity index is 554. The number of nitro benzene ring substituents is 1. The molecular weight excluding hydrogens is 276 g/mol. The van der Waals surface area contributed by atoms with Gasteiger partial charge in [0.2, 0.25) is 0 Å². The molecule has 0 aromatic heterocycles. The third-order valence-corrected chi connectivity index (χ3v) is 5.13. The van der Waals surface area contributed by atoms with Gasteiger partial charge in [0, 0.05) is 18.7 Å². The van der Waals surface area contributed by atoms with Crippen molar-refractivity contribution in [3.8, 4) is 0 Å². The summed E-state index contributed by atoms with van der Waals surface area (Å²) in [6.07, 6.45) is 12.1. The van der Waals surface area contributed by atoms with Crippen molar-refractivity contribution in [1.29, 1.82) is 0 Å². The number of hydrogen-bond acceptors (Lipinski definition) is 3. The second-order valence-electron chi connectivity index (χ2n) is 6.47. The molecule has 2 aliphatic rings. The number of benzene rings is 1. The molecule has 2 atom stereocenters. The van der Waals surface area contributed by atoms with Gasteiger partial charge in [-0.15, -0.1) is 0 Å². The number of likely N-dealkylation sites (tertiary alicyclic amines) is 1. The van der Waals surface area contributed by atoms with E-state index in [0.29, 0.717) is 5.56 Å². The van der Waals surface area contributed by atoms with Crippen LogP contribution in [0.4, 0.5) is 5.69 Å². The van der Waals surface area contributed by atoms with Crippen LogP contribution in [0.5, 0.6) is 0 Å². The van der Waals surface area contributed by atoms with Crippen LogP contribution in [-0.2, 0) is 0 Å². The molecular formula is C18H24N2O2. The quantitative estimate of drug-likeness (QED) is 0.616. The summed E-state index contributed by atoms with van der Waals surface area (Å²) in [7, 11) is 0. The first-order chi connectivity index (χ1) is 10.8. The number of rotatable bonds is 4. The fraction of sp³-hybridized carbons (Fsp3) is 0.556. The Morgan fingerprint density at radius 2 is 1.95 bits per heavy atom. The van der Waals surface area contributed by atoms with Crippen molar-refractivity contribution >= 4 is 11.8 Å². The van der Waals surface area contributed by atoms with Crippen molar-refractivity contribution in [3.05, 3.63) is 46.0 Å². The van der Waals surface area contributed by atoms with Gasteiger partial charge in [0.05, 0.1) is 10.5 Å². The highest BCUT2D eigenvalue weighted by atomic mass is 16.6. The largest absolute Gasteiger partial charge is 0.296 e. The topological polar surface area (TPSA) is 46.4 Å². The van der Waals surface area contributed by atoms with Gasteiger partial charge in [-0.2, -0.15) is 0 Å². The van der Waals surface area contributed by atoms with Gasteiger partial charge in [-0.05, 0) is 44.2 Å². The summed E-state index contributed by atoms with van der Waals surface area (Å²) in [4.78, 5) is 13.3. The van der Waals surface area contributed by atoms with Crippen molar-refractivity contribution < 1.29 is 4.92 Å². The Labute approximate surface area is 132 Å². The Morgan fingerprint density at radius 3 is 2.82 bits per heavy atom. The molecule has 0 unspecified atom stereocenters. The lowest BCUT2D eigenvalue weighted by molar-refractivity contribution is -0.385. The summed E-state index contributed by atoms with van der Waals surface area (Å²) >= 11 is 0. The van der Waals surface area contributed by atoms with E-state index in [1.807, 2.05) is 18.2 Å². The van der Waals surface area contributed by atoms with Gasteiger partial charge in [-0.3, -0.25) is 15.0 Å². The first-order valence-corrected chi connectivity index (χ1v) is 8.40.